The zero-order valence-electron chi connectivity index (χ0n) is 33.8. The van der Waals surface area contributed by atoms with Gasteiger partial charge in [0.1, 0.15) is 11.2 Å². The number of para-hydroxylation sites is 1. The Balaban J connectivity index is 1.12. The number of furan rings is 1. The van der Waals surface area contributed by atoms with Gasteiger partial charge < -0.3 is 4.42 Å². The van der Waals surface area contributed by atoms with Crippen LogP contribution in [0, 0.1) is 0 Å². The molecule has 292 valence electrons. The number of aromatic nitrogens is 3. The Labute approximate surface area is 361 Å². The minimum Gasteiger partial charge on any atom is -0.456 e. The van der Waals surface area contributed by atoms with E-state index < -0.39 is 8.07 Å². The van der Waals surface area contributed by atoms with E-state index >= 15 is 0 Å². The van der Waals surface area contributed by atoms with Crippen molar-refractivity contribution in [2.45, 2.75) is 0 Å². The summed E-state index contributed by atoms with van der Waals surface area (Å²) in [6, 6.07) is 84.0. The van der Waals surface area contributed by atoms with Gasteiger partial charge in [-0.05, 0) is 55.1 Å². The van der Waals surface area contributed by atoms with E-state index in [0.717, 1.165) is 49.8 Å². The highest BCUT2D eigenvalue weighted by Gasteiger charge is 2.41. The van der Waals surface area contributed by atoms with E-state index in [2.05, 4.69) is 200 Å². The molecule has 0 spiro atoms. The zero-order chi connectivity index (χ0) is 41.3. The minimum absolute atomic E-state index is 0.589. The maximum Gasteiger partial charge on any atom is 0.179 e. The van der Waals surface area contributed by atoms with Gasteiger partial charge in [0.15, 0.2) is 25.5 Å². The van der Waals surface area contributed by atoms with Gasteiger partial charge >= 0.3 is 0 Å². The molecule has 0 aliphatic heterocycles. The Hall–Kier alpha value is -7.99. The molecule has 2 aromatic heterocycles. The first-order valence-electron chi connectivity index (χ1n) is 20.9. The fourth-order valence-corrected chi connectivity index (χ4v) is 13.7. The minimum atomic E-state index is -2.92. The molecule has 0 saturated carbocycles. The highest BCUT2D eigenvalue weighted by Crippen LogP contribution is 2.36. The van der Waals surface area contributed by atoms with Gasteiger partial charge in [0.2, 0.25) is 0 Å². The summed E-state index contributed by atoms with van der Waals surface area (Å²) in [5.74, 6) is 1.80. The first-order chi connectivity index (χ1) is 30.7. The van der Waals surface area contributed by atoms with Crippen LogP contribution in [0.25, 0.3) is 78.4 Å². The third-order valence-electron chi connectivity index (χ3n) is 11.9. The van der Waals surface area contributed by atoms with E-state index in [1.54, 1.807) is 0 Å². The smallest absolute Gasteiger partial charge is 0.179 e. The van der Waals surface area contributed by atoms with Gasteiger partial charge in [-0.1, -0.05) is 224 Å². The number of rotatable bonds is 9. The van der Waals surface area contributed by atoms with Crippen molar-refractivity contribution in [3.05, 3.63) is 237 Å². The molecular weight excluding hydrogens is 771 g/mol. The van der Waals surface area contributed by atoms with Crippen molar-refractivity contribution in [3.8, 4) is 56.4 Å². The Morgan fingerprint density at radius 3 is 1.34 bits per heavy atom. The third kappa shape index (κ3) is 6.62. The number of fused-ring (bicyclic) bond motifs is 3. The second-order valence-electron chi connectivity index (χ2n) is 15.5. The van der Waals surface area contributed by atoms with Gasteiger partial charge in [0.25, 0.3) is 0 Å². The van der Waals surface area contributed by atoms with Crippen LogP contribution in [-0.2, 0) is 0 Å². The van der Waals surface area contributed by atoms with E-state index in [0.29, 0.717) is 17.5 Å². The summed E-state index contributed by atoms with van der Waals surface area (Å²) in [4.78, 5) is 15.9. The van der Waals surface area contributed by atoms with Gasteiger partial charge in [-0.25, -0.2) is 15.0 Å². The highest BCUT2D eigenvalue weighted by molar-refractivity contribution is 7.19. The number of hydrogen-bond donors (Lipinski definition) is 0. The average molecular weight is 810 g/mol. The summed E-state index contributed by atoms with van der Waals surface area (Å²) in [6.07, 6.45) is 0. The zero-order valence-corrected chi connectivity index (χ0v) is 34.8. The Morgan fingerprint density at radius 1 is 0.290 bits per heavy atom. The summed E-state index contributed by atoms with van der Waals surface area (Å²) < 4.78 is 6.34. The lowest BCUT2D eigenvalue weighted by Crippen LogP contribution is -2.74. The third-order valence-corrected chi connectivity index (χ3v) is 16.7. The number of nitrogens with zero attached hydrogens (tertiary/aromatic N) is 3. The van der Waals surface area contributed by atoms with Gasteiger partial charge in [-0.15, -0.1) is 0 Å². The summed E-state index contributed by atoms with van der Waals surface area (Å²) in [5, 5.41) is 7.13. The van der Waals surface area contributed by atoms with Crippen LogP contribution >= 0.6 is 0 Å². The van der Waals surface area contributed by atoms with Gasteiger partial charge in [0.05, 0.1) is 0 Å². The van der Waals surface area contributed by atoms with Gasteiger partial charge in [-0.2, -0.15) is 0 Å². The number of hydrogen-bond acceptors (Lipinski definition) is 4. The van der Waals surface area contributed by atoms with Crippen LogP contribution in [0.3, 0.4) is 0 Å². The van der Waals surface area contributed by atoms with Crippen LogP contribution in [-0.4, -0.2) is 23.0 Å². The maximum atomic E-state index is 6.34. The Morgan fingerprint density at radius 2 is 0.710 bits per heavy atom. The van der Waals surface area contributed by atoms with Crippen LogP contribution in [0.2, 0.25) is 0 Å². The molecule has 62 heavy (non-hydrogen) atoms. The van der Waals surface area contributed by atoms with Crippen molar-refractivity contribution in [2.24, 2.45) is 0 Å². The lowest BCUT2D eigenvalue weighted by atomic mass is 10.0. The normalized spacial score (nSPS) is 11.5. The molecule has 9 aromatic carbocycles. The largest absolute Gasteiger partial charge is 0.456 e. The molecule has 0 aliphatic carbocycles. The molecule has 0 radical (unpaired) electrons. The standard InChI is InChI=1S/C57H39N3OSi/c1-5-17-40(18-6-1)42-31-33-44(34-32-42)55-58-56(60-57(59-55)51-28-16-30-53-54(51)50-27-13-14-29-52(50)61-53)45-21-15-26-49(39-45)62(46-22-9-3-10-23-46,47-24-11-4-12-25-47)48-37-35-43(36-38-48)41-19-7-2-8-20-41/h1-39H. The molecule has 4 nitrogen and oxygen atoms in total. The van der Waals surface area contributed by atoms with Crippen molar-refractivity contribution in [1.29, 1.82) is 0 Å². The van der Waals surface area contributed by atoms with E-state index in [4.69, 9.17) is 19.4 Å². The summed E-state index contributed by atoms with van der Waals surface area (Å²) in [7, 11) is -2.92. The Bertz CT molecular complexity index is 3280. The second-order valence-corrected chi connectivity index (χ2v) is 19.3. The lowest BCUT2D eigenvalue weighted by molar-refractivity contribution is 0.669. The molecule has 0 N–H and O–H groups in total. The molecule has 11 aromatic rings. The van der Waals surface area contributed by atoms with E-state index in [1.807, 2.05) is 36.4 Å². The summed E-state index contributed by atoms with van der Waals surface area (Å²) >= 11 is 0. The van der Waals surface area contributed by atoms with Crippen molar-refractivity contribution in [1.82, 2.24) is 15.0 Å². The van der Waals surface area contributed by atoms with Gasteiger partial charge in [0, 0.05) is 27.5 Å². The van der Waals surface area contributed by atoms with Crippen molar-refractivity contribution in [3.63, 3.8) is 0 Å². The highest BCUT2D eigenvalue weighted by atomic mass is 28.3. The van der Waals surface area contributed by atoms with E-state index in [1.165, 1.54) is 31.9 Å². The molecule has 0 atom stereocenters. The van der Waals surface area contributed by atoms with Crippen molar-refractivity contribution in [2.75, 3.05) is 0 Å². The fourth-order valence-electron chi connectivity index (χ4n) is 8.97. The van der Waals surface area contributed by atoms with Crippen LogP contribution in [0.5, 0.6) is 0 Å². The first-order valence-corrected chi connectivity index (χ1v) is 22.9. The van der Waals surface area contributed by atoms with Crippen molar-refractivity contribution < 1.29 is 4.42 Å². The summed E-state index contributed by atoms with van der Waals surface area (Å²) in [5.41, 5.74) is 9.02. The molecular formula is C57H39N3OSi. The Kier molecular flexibility index (Phi) is 9.49. The van der Waals surface area contributed by atoms with Crippen molar-refractivity contribution >= 4 is 50.8 Å². The topological polar surface area (TPSA) is 51.8 Å². The van der Waals surface area contributed by atoms with E-state index in [9.17, 15) is 0 Å². The molecule has 11 rings (SSSR count). The summed E-state index contributed by atoms with van der Waals surface area (Å²) in [6.45, 7) is 0. The molecule has 5 heteroatoms. The first kappa shape index (κ1) is 37.0. The van der Waals surface area contributed by atoms with Crippen LogP contribution in [0.1, 0.15) is 0 Å². The second kappa shape index (κ2) is 15.9. The fraction of sp³-hybridized carbons (Fsp3) is 0. The SMILES string of the molecule is c1ccc(-c2ccc(-c3nc(-c4cccc([Si](c5ccccc5)(c5ccccc5)c5ccc(-c6ccccc6)cc5)c4)nc(-c4cccc5oc6ccccc6c45)n3)cc2)cc1. The molecule has 0 amide bonds. The predicted octanol–water partition coefficient (Wildman–Crippen LogP) is 11.5. The lowest BCUT2D eigenvalue weighted by Gasteiger charge is -2.34. The van der Waals surface area contributed by atoms with Crippen LogP contribution < -0.4 is 20.7 Å². The molecule has 0 unspecified atom stereocenters. The van der Waals surface area contributed by atoms with E-state index in [-0.39, 0.29) is 0 Å². The quantitative estimate of drug-likeness (QED) is 0.108. The average Bonchev–Trinajstić information content (AvgIpc) is 3.75. The number of benzene rings is 9. The molecule has 0 fully saturated rings. The monoisotopic (exact) mass is 809 g/mol. The predicted molar refractivity (Wildman–Crippen MR) is 258 cm³/mol. The van der Waals surface area contributed by atoms with Gasteiger partial charge in [-0.3, -0.25) is 0 Å². The molecule has 0 bridgehead atoms. The molecule has 0 aliphatic rings. The molecule has 0 saturated heterocycles. The molecule has 2 heterocycles. The maximum absolute atomic E-state index is 6.34. The van der Waals surface area contributed by atoms with Crippen LogP contribution in [0.15, 0.2) is 241 Å². The van der Waals surface area contributed by atoms with Crippen LogP contribution in [0.4, 0.5) is 0 Å².